The van der Waals surface area contributed by atoms with E-state index in [2.05, 4.69) is 0 Å². The molecule has 0 aromatic heterocycles. The van der Waals surface area contributed by atoms with Crippen molar-refractivity contribution in [3.8, 4) is 0 Å². The van der Waals surface area contributed by atoms with Gasteiger partial charge in [0.1, 0.15) is 0 Å². The quantitative estimate of drug-likeness (QED) is 0.526. The van der Waals surface area contributed by atoms with Crippen molar-refractivity contribution in [2.45, 2.75) is 65.2 Å². The number of aliphatic hydroxyl groups is 1. The largest absolute Gasteiger partial charge is 0.512 e. The zero-order valence-electron chi connectivity index (χ0n) is 10.4. The van der Waals surface area contributed by atoms with Crippen molar-refractivity contribution in [2.24, 2.45) is 0 Å². The molecule has 1 rings (SSSR count). The second kappa shape index (κ2) is 12.9. The zero-order valence-corrected chi connectivity index (χ0v) is 12.8. The summed E-state index contributed by atoms with van der Waals surface area (Å²) in [7, 11) is 0. The summed E-state index contributed by atoms with van der Waals surface area (Å²) in [6, 6.07) is 0. The third-order valence-electron chi connectivity index (χ3n) is 2.41. The van der Waals surface area contributed by atoms with Crippen molar-refractivity contribution in [1.29, 1.82) is 0 Å². The number of carbonyl (C=O) groups is 1. The molecular weight excluding hydrogens is 380 g/mol. The average molecular weight is 405 g/mol. The number of aliphatic hydroxyl groups excluding tert-OH is 1. The minimum Gasteiger partial charge on any atom is -0.512 e. The van der Waals surface area contributed by atoms with Crippen molar-refractivity contribution in [2.75, 3.05) is 0 Å². The molecule has 1 aliphatic rings. The van der Waals surface area contributed by atoms with Gasteiger partial charge in [0.2, 0.25) is 0 Å². The van der Waals surface area contributed by atoms with Crippen LogP contribution in [0.15, 0.2) is 11.8 Å². The van der Waals surface area contributed by atoms with Crippen LogP contribution in [-0.4, -0.2) is 10.9 Å². The minimum absolute atomic E-state index is 0. The molecule has 0 aromatic carbocycles. The van der Waals surface area contributed by atoms with Crippen molar-refractivity contribution < 1.29 is 30.0 Å². The smallest absolute Gasteiger partial charge is 0.155 e. The second-order valence-electron chi connectivity index (χ2n) is 4.22. The number of ketones is 1. The van der Waals surface area contributed by atoms with Crippen LogP contribution in [0.2, 0.25) is 0 Å². The first-order valence-electron chi connectivity index (χ1n) is 6.01. The van der Waals surface area contributed by atoms with Crippen molar-refractivity contribution in [1.82, 2.24) is 0 Å². The van der Waals surface area contributed by atoms with Gasteiger partial charge in [-0.1, -0.05) is 51.4 Å². The van der Waals surface area contributed by atoms with Gasteiger partial charge < -0.3 is 5.11 Å². The Labute approximate surface area is 113 Å². The summed E-state index contributed by atoms with van der Waals surface area (Å²) in [4.78, 5) is 10.0. The molecular formula is C13H24IrO2. The molecule has 3 heteroatoms. The summed E-state index contributed by atoms with van der Waals surface area (Å²) in [5.74, 6) is -0.0625. The standard InChI is InChI=1S/C8H16.C5H8O2.Ir/c1-2-4-6-8-7-5-3-1;1-4(6)3-5(2)7;/h1-8H2;3,6H,1-2H3;/b;4-3-;. The van der Waals surface area contributed by atoms with Crippen LogP contribution in [0, 0.1) is 0 Å². The normalized spacial score (nSPS) is 17.0. The summed E-state index contributed by atoms with van der Waals surface area (Å²) in [5.41, 5.74) is 0. The Hall–Kier alpha value is -0.141. The van der Waals surface area contributed by atoms with Gasteiger partial charge in [0.15, 0.2) is 5.78 Å². The molecule has 1 saturated carbocycles. The van der Waals surface area contributed by atoms with E-state index in [0.29, 0.717) is 0 Å². The van der Waals surface area contributed by atoms with Crippen LogP contribution in [0.1, 0.15) is 65.2 Å². The Bertz CT molecular complexity index is 172. The predicted octanol–water partition coefficient (Wildman–Crippen LogP) is 4.16. The molecule has 16 heavy (non-hydrogen) atoms. The average Bonchev–Trinajstić information content (AvgIpc) is 1.99. The van der Waals surface area contributed by atoms with Gasteiger partial charge in [0, 0.05) is 26.2 Å². The Balaban J connectivity index is 0. The van der Waals surface area contributed by atoms with Crippen LogP contribution in [0.25, 0.3) is 0 Å². The van der Waals surface area contributed by atoms with Crippen LogP contribution < -0.4 is 0 Å². The van der Waals surface area contributed by atoms with E-state index in [1.54, 1.807) is 0 Å². The SMILES string of the molecule is C1CCCCCCC1.CC(=O)/C=C(/C)O.[Ir]. The fraction of sp³-hybridized carbons (Fsp3) is 0.769. The van der Waals surface area contributed by atoms with E-state index in [1.165, 1.54) is 71.3 Å². The summed E-state index contributed by atoms with van der Waals surface area (Å²) in [5, 5.41) is 8.36. The van der Waals surface area contributed by atoms with Gasteiger partial charge in [-0.05, 0) is 13.8 Å². The maximum Gasteiger partial charge on any atom is 0.155 e. The van der Waals surface area contributed by atoms with E-state index < -0.39 is 0 Å². The molecule has 0 aliphatic heterocycles. The Morgan fingerprint density at radius 2 is 1.12 bits per heavy atom. The van der Waals surface area contributed by atoms with Gasteiger partial charge in [-0.15, -0.1) is 0 Å². The van der Waals surface area contributed by atoms with Gasteiger partial charge >= 0.3 is 0 Å². The molecule has 0 atom stereocenters. The van der Waals surface area contributed by atoms with Crippen LogP contribution in [0.4, 0.5) is 0 Å². The molecule has 0 aromatic rings. The maximum absolute atomic E-state index is 10.0. The Morgan fingerprint density at radius 3 is 1.19 bits per heavy atom. The molecule has 1 N–H and O–H groups in total. The fourth-order valence-corrected chi connectivity index (χ4v) is 1.71. The third kappa shape index (κ3) is 16.3. The number of carbonyl (C=O) groups excluding carboxylic acids is 1. The molecule has 0 amide bonds. The number of hydrogen-bond acceptors (Lipinski definition) is 2. The first kappa shape index (κ1) is 18.2. The van der Waals surface area contributed by atoms with Gasteiger partial charge in [-0.2, -0.15) is 0 Å². The van der Waals surface area contributed by atoms with E-state index in [0.717, 1.165) is 0 Å². The molecule has 1 fully saturated rings. The molecule has 1 aliphatic carbocycles. The van der Waals surface area contributed by atoms with Gasteiger partial charge in [0.25, 0.3) is 0 Å². The Morgan fingerprint density at radius 1 is 0.875 bits per heavy atom. The summed E-state index contributed by atoms with van der Waals surface area (Å²) in [6.45, 7) is 2.85. The van der Waals surface area contributed by atoms with Crippen molar-refractivity contribution in [3.63, 3.8) is 0 Å². The molecule has 0 bridgehead atoms. The van der Waals surface area contributed by atoms with Gasteiger partial charge in [0.05, 0.1) is 5.76 Å². The maximum atomic E-state index is 10.0. The summed E-state index contributed by atoms with van der Waals surface area (Å²) >= 11 is 0. The van der Waals surface area contributed by atoms with E-state index in [9.17, 15) is 4.79 Å². The number of rotatable bonds is 1. The minimum atomic E-state index is -0.125. The predicted molar refractivity (Wildman–Crippen MR) is 64.0 cm³/mol. The first-order chi connectivity index (χ1) is 7.13. The fourth-order valence-electron chi connectivity index (χ4n) is 1.71. The molecule has 0 spiro atoms. The molecule has 0 heterocycles. The molecule has 2 nitrogen and oxygen atoms in total. The van der Waals surface area contributed by atoms with E-state index in [1.807, 2.05) is 0 Å². The van der Waals surface area contributed by atoms with Crippen molar-refractivity contribution in [3.05, 3.63) is 11.8 Å². The van der Waals surface area contributed by atoms with Crippen LogP contribution >= 0.6 is 0 Å². The molecule has 1 radical (unpaired) electrons. The Kier molecular flexibility index (Phi) is 14.7. The van der Waals surface area contributed by atoms with Crippen LogP contribution in [0.5, 0.6) is 0 Å². The van der Waals surface area contributed by atoms with Crippen LogP contribution in [0.3, 0.4) is 0 Å². The van der Waals surface area contributed by atoms with Gasteiger partial charge in [-0.3, -0.25) is 4.79 Å². The van der Waals surface area contributed by atoms with Gasteiger partial charge in [-0.25, -0.2) is 0 Å². The molecule has 0 saturated heterocycles. The zero-order chi connectivity index (χ0) is 11.5. The molecule has 97 valence electrons. The first-order valence-corrected chi connectivity index (χ1v) is 6.01. The van der Waals surface area contributed by atoms with E-state index in [4.69, 9.17) is 5.11 Å². The monoisotopic (exact) mass is 405 g/mol. The molecule has 0 unspecified atom stereocenters. The third-order valence-corrected chi connectivity index (χ3v) is 2.41. The summed E-state index contributed by atoms with van der Waals surface area (Å²) in [6.07, 6.45) is 13.2. The van der Waals surface area contributed by atoms with Crippen molar-refractivity contribution >= 4 is 5.78 Å². The van der Waals surface area contributed by atoms with Crippen LogP contribution in [-0.2, 0) is 24.9 Å². The van der Waals surface area contributed by atoms with E-state index >= 15 is 0 Å². The second-order valence-corrected chi connectivity index (χ2v) is 4.22. The summed E-state index contributed by atoms with van der Waals surface area (Å²) < 4.78 is 0. The number of allylic oxidation sites excluding steroid dienone is 2. The van der Waals surface area contributed by atoms with E-state index in [-0.39, 0.29) is 31.6 Å². The topological polar surface area (TPSA) is 37.3 Å². The number of hydrogen-bond donors (Lipinski definition) is 1.